The molecule has 1 aliphatic rings. The summed E-state index contributed by atoms with van der Waals surface area (Å²) in [6, 6.07) is 37.7. The number of nitrogen functional groups attached to an aromatic ring is 1. The van der Waals surface area contributed by atoms with Gasteiger partial charge >= 0.3 is 5.97 Å². The van der Waals surface area contributed by atoms with Gasteiger partial charge in [0.2, 0.25) is 11.8 Å². The van der Waals surface area contributed by atoms with Gasteiger partial charge in [-0.2, -0.15) is 0 Å². The molecule has 284 valence electrons. The maximum Gasteiger partial charge on any atom is 0.335 e. The van der Waals surface area contributed by atoms with Crippen LogP contribution < -0.4 is 16.4 Å². The summed E-state index contributed by atoms with van der Waals surface area (Å²) in [5, 5.41) is 24.7. The van der Waals surface area contributed by atoms with Gasteiger partial charge in [0, 0.05) is 42.0 Å². The van der Waals surface area contributed by atoms with E-state index in [4.69, 9.17) is 15.2 Å². The van der Waals surface area contributed by atoms with Crippen LogP contribution in [-0.4, -0.2) is 39.9 Å². The predicted octanol–water partition coefficient (Wildman–Crippen LogP) is 8.28. The lowest BCUT2D eigenvalue weighted by molar-refractivity contribution is -0.245. The Labute approximate surface area is 325 Å². The molecule has 1 fully saturated rings. The molecule has 0 bridgehead atoms. The Hall–Kier alpha value is -5.46. The van der Waals surface area contributed by atoms with Crippen LogP contribution in [0.3, 0.4) is 0 Å². The highest BCUT2D eigenvalue weighted by Gasteiger charge is 2.32. The molecule has 1 heterocycles. The van der Waals surface area contributed by atoms with Gasteiger partial charge in [0.25, 0.3) is 0 Å². The van der Waals surface area contributed by atoms with E-state index in [9.17, 15) is 24.6 Å². The summed E-state index contributed by atoms with van der Waals surface area (Å²) in [4.78, 5) is 37.3. The van der Waals surface area contributed by atoms with Gasteiger partial charge in [0.05, 0.1) is 35.8 Å². The Bertz CT molecular complexity index is 2060. The summed E-state index contributed by atoms with van der Waals surface area (Å²) in [7, 11) is 0. The average molecular weight is 760 g/mol. The number of carbonyl (C=O) groups is 3. The zero-order valence-electron chi connectivity index (χ0n) is 30.4. The van der Waals surface area contributed by atoms with Crippen molar-refractivity contribution in [3.05, 3.63) is 149 Å². The molecule has 0 radical (unpaired) electrons. The molecule has 0 saturated carbocycles. The number of carboxylic acid groups (broad SMARTS) is 1. The zero-order chi connectivity index (χ0) is 38.6. The van der Waals surface area contributed by atoms with Gasteiger partial charge in [0.15, 0.2) is 6.29 Å². The van der Waals surface area contributed by atoms with Crippen molar-refractivity contribution < 1.29 is 34.1 Å². The Morgan fingerprint density at radius 1 is 0.764 bits per heavy atom. The molecule has 6 N–H and O–H groups in total. The molecule has 3 atom stereocenters. The summed E-state index contributed by atoms with van der Waals surface area (Å²) in [5.41, 5.74) is 12.9. The smallest absolute Gasteiger partial charge is 0.335 e. The minimum atomic E-state index is -0.957. The number of nitrogens with one attached hydrogen (secondary N) is 2. The first kappa shape index (κ1) is 39.2. The standard InChI is InChI=1S/C44H45N3O7S/c45-38-9-3-4-10-39(38)47-42(50)12-6-5-11-41(49)46-26-34-7-1-2-8-37(34)30-17-19-33(20-18-30)44-53-35(28-55-36-23-21-32(22-24-36)43(51)52)25-40(54-44)31-15-13-29(27-48)14-16-31/h1-4,7-10,13-24,35,40,44,48H,5-6,11-12,25-28,45H2,(H,46,49)(H,47,50)(H,51,52)/t35-,40+,44+/m0/s1. The van der Waals surface area contributed by atoms with Crippen LogP contribution in [0.25, 0.3) is 11.1 Å². The fourth-order valence-electron chi connectivity index (χ4n) is 6.36. The van der Waals surface area contributed by atoms with E-state index in [1.54, 1.807) is 36.0 Å². The van der Waals surface area contributed by atoms with Gasteiger partial charge in [-0.05, 0) is 77.1 Å². The number of carbonyl (C=O) groups excluding carboxylic acids is 2. The van der Waals surface area contributed by atoms with Crippen LogP contribution in [0.1, 0.15) is 77.1 Å². The second-order valence-corrected chi connectivity index (χ2v) is 14.5. The molecular weight excluding hydrogens is 715 g/mol. The number of aliphatic hydroxyl groups is 1. The molecule has 0 spiro atoms. The van der Waals surface area contributed by atoms with Crippen molar-refractivity contribution in [3.8, 4) is 11.1 Å². The maximum absolute atomic E-state index is 12.7. The molecule has 6 rings (SSSR count). The lowest BCUT2D eigenvalue weighted by atomic mass is 9.97. The molecule has 2 amide bonds. The van der Waals surface area contributed by atoms with Gasteiger partial charge in [0.1, 0.15) is 0 Å². The van der Waals surface area contributed by atoms with E-state index in [-0.39, 0.29) is 36.2 Å². The third kappa shape index (κ3) is 11.1. The number of nitrogens with two attached hydrogens (primary N) is 1. The normalized spacial score (nSPS) is 16.6. The summed E-state index contributed by atoms with van der Waals surface area (Å²) >= 11 is 1.61. The van der Waals surface area contributed by atoms with Crippen molar-refractivity contribution in [2.24, 2.45) is 0 Å². The molecule has 0 aliphatic carbocycles. The summed E-state index contributed by atoms with van der Waals surface area (Å²) < 4.78 is 13.1. The number of unbranched alkanes of at least 4 members (excludes halogenated alkanes) is 1. The minimum Gasteiger partial charge on any atom is -0.478 e. The number of benzene rings is 5. The first-order valence-corrected chi connectivity index (χ1v) is 19.3. The number of hydrogen-bond donors (Lipinski definition) is 5. The largest absolute Gasteiger partial charge is 0.478 e. The molecule has 10 nitrogen and oxygen atoms in total. The van der Waals surface area contributed by atoms with Crippen molar-refractivity contribution in [3.63, 3.8) is 0 Å². The number of ether oxygens (including phenoxy) is 2. The van der Waals surface area contributed by atoms with Gasteiger partial charge < -0.3 is 36.1 Å². The Morgan fingerprint density at radius 2 is 1.44 bits per heavy atom. The van der Waals surface area contributed by atoms with E-state index in [0.29, 0.717) is 55.8 Å². The van der Waals surface area contributed by atoms with Gasteiger partial charge in [-0.25, -0.2) is 4.79 Å². The van der Waals surface area contributed by atoms with Crippen molar-refractivity contribution >= 4 is 40.9 Å². The molecule has 11 heteroatoms. The fraction of sp³-hybridized carbons (Fsp3) is 0.250. The third-order valence-corrected chi connectivity index (χ3v) is 10.6. The SMILES string of the molecule is Nc1ccccc1NC(=O)CCCCC(=O)NCc1ccccc1-c1ccc([C@@H]2O[C@H](CSc3ccc(C(=O)O)cc3)C[C@H](c3ccc(CO)cc3)O2)cc1. The first-order valence-electron chi connectivity index (χ1n) is 18.3. The van der Waals surface area contributed by atoms with Crippen LogP contribution in [0.2, 0.25) is 0 Å². The number of aromatic carboxylic acids is 1. The van der Waals surface area contributed by atoms with Crippen LogP contribution in [0.15, 0.2) is 126 Å². The second kappa shape index (κ2) is 19.2. The van der Waals surface area contributed by atoms with E-state index in [1.807, 2.05) is 97.1 Å². The minimum absolute atomic E-state index is 0.0344. The van der Waals surface area contributed by atoms with Crippen molar-refractivity contribution in [1.29, 1.82) is 0 Å². The molecule has 5 aromatic carbocycles. The first-order chi connectivity index (χ1) is 26.7. The Balaban J connectivity index is 1.06. The molecule has 55 heavy (non-hydrogen) atoms. The van der Waals surface area contributed by atoms with Crippen LogP contribution >= 0.6 is 11.8 Å². The number of rotatable bonds is 16. The zero-order valence-corrected chi connectivity index (χ0v) is 31.2. The van der Waals surface area contributed by atoms with Crippen molar-refractivity contribution in [2.45, 2.75) is 68.6 Å². The number of thioether (sulfide) groups is 1. The summed E-state index contributed by atoms with van der Waals surface area (Å²) in [5.74, 6) is -0.515. The molecule has 5 aromatic rings. The molecule has 1 aliphatic heterocycles. The number of hydrogen-bond acceptors (Lipinski definition) is 8. The van der Waals surface area contributed by atoms with E-state index in [1.165, 1.54) is 0 Å². The van der Waals surface area contributed by atoms with Crippen LogP contribution in [-0.2, 0) is 32.2 Å². The quantitative estimate of drug-likeness (QED) is 0.0379. The van der Waals surface area contributed by atoms with Gasteiger partial charge in [-0.1, -0.05) is 84.9 Å². The second-order valence-electron chi connectivity index (χ2n) is 13.4. The molecular formula is C44H45N3O7S. The highest BCUT2D eigenvalue weighted by atomic mass is 32.2. The number of para-hydroxylation sites is 2. The number of aliphatic hydroxyl groups excluding tert-OH is 1. The molecule has 0 aromatic heterocycles. The summed E-state index contributed by atoms with van der Waals surface area (Å²) in [6.45, 7) is 0.335. The van der Waals surface area contributed by atoms with E-state index in [0.717, 1.165) is 38.3 Å². The van der Waals surface area contributed by atoms with E-state index < -0.39 is 12.3 Å². The lowest BCUT2D eigenvalue weighted by Crippen LogP contribution is -2.31. The van der Waals surface area contributed by atoms with Crippen LogP contribution in [0, 0.1) is 0 Å². The van der Waals surface area contributed by atoms with Crippen LogP contribution in [0.5, 0.6) is 0 Å². The van der Waals surface area contributed by atoms with Crippen molar-refractivity contribution in [1.82, 2.24) is 5.32 Å². The highest BCUT2D eigenvalue weighted by molar-refractivity contribution is 7.99. The van der Waals surface area contributed by atoms with E-state index in [2.05, 4.69) is 10.6 Å². The Kier molecular flexibility index (Phi) is 13.7. The highest BCUT2D eigenvalue weighted by Crippen LogP contribution is 2.40. The average Bonchev–Trinajstić information content (AvgIpc) is 3.22. The number of amides is 2. The topological polar surface area (TPSA) is 160 Å². The van der Waals surface area contributed by atoms with Gasteiger partial charge in [-0.15, -0.1) is 11.8 Å². The predicted molar refractivity (Wildman–Crippen MR) is 214 cm³/mol. The van der Waals surface area contributed by atoms with Crippen molar-refractivity contribution in [2.75, 3.05) is 16.8 Å². The van der Waals surface area contributed by atoms with Crippen LogP contribution in [0.4, 0.5) is 11.4 Å². The lowest BCUT2D eigenvalue weighted by Gasteiger charge is -2.36. The molecule has 0 unspecified atom stereocenters. The third-order valence-electron chi connectivity index (χ3n) is 9.43. The Morgan fingerprint density at radius 3 is 2.15 bits per heavy atom. The van der Waals surface area contributed by atoms with Gasteiger partial charge in [-0.3, -0.25) is 9.59 Å². The number of carboxylic acids is 1. The maximum atomic E-state index is 12.7. The fourth-order valence-corrected chi connectivity index (χ4v) is 7.28. The number of anilines is 2. The summed E-state index contributed by atoms with van der Waals surface area (Å²) in [6.07, 6.45) is 1.42. The van der Waals surface area contributed by atoms with E-state index >= 15 is 0 Å². The monoisotopic (exact) mass is 759 g/mol. The molecule has 1 saturated heterocycles.